The molecule has 3 N–H and O–H groups in total. The summed E-state index contributed by atoms with van der Waals surface area (Å²) in [4.78, 5) is 14.1. The number of phenols is 1. The molecule has 8 heteroatoms. The van der Waals surface area contributed by atoms with Gasteiger partial charge in [0.25, 0.3) is 5.91 Å². The van der Waals surface area contributed by atoms with E-state index < -0.39 is 0 Å². The Kier molecular flexibility index (Phi) is 5.02. The predicted molar refractivity (Wildman–Crippen MR) is 118 cm³/mol. The van der Waals surface area contributed by atoms with E-state index in [1.807, 2.05) is 12.1 Å². The maximum absolute atomic E-state index is 11.8. The molecule has 0 radical (unpaired) electrons. The largest absolute Gasteiger partial charge is 0.507 e. The van der Waals surface area contributed by atoms with Crippen LogP contribution in [0.4, 0.5) is 5.82 Å². The molecule has 0 spiro atoms. The summed E-state index contributed by atoms with van der Waals surface area (Å²) in [6, 6.07) is 10.4. The maximum Gasteiger partial charge on any atom is 0.286 e. The van der Waals surface area contributed by atoms with Gasteiger partial charge in [-0.25, -0.2) is 0 Å². The lowest BCUT2D eigenvalue weighted by molar-refractivity contribution is 0.0938. The van der Waals surface area contributed by atoms with Crippen molar-refractivity contribution in [3.05, 3.63) is 36.1 Å². The van der Waals surface area contributed by atoms with E-state index >= 15 is 0 Å². The Morgan fingerprint density at radius 2 is 1.97 bits per heavy atom. The summed E-state index contributed by atoms with van der Waals surface area (Å²) in [5.41, 5.74) is 1.57. The van der Waals surface area contributed by atoms with Crippen LogP contribution in [0.3, 0.4) is 0 Å². The summed E-state index contributed by atoms with van der Waals surface area (Å²) >= 11 is 0. The number of hydrogen-bond donors (Lipinski definition) is 3. The number of furan rings is 1. The summed E-state index contributed by atoms with van der Waals surface area (Å²) in [5, 5.41) is 26.3. The summed E-state index contributed by atoms with van der Waals surface area (Å²) in [7, 11) is 3.63. The van der Waals surface area contributed by atoms with Gasteiger partial charge < -0.3 is 25.1 Å². The zero-order chi connectivity index (χ0) is 21.5. The van der Waals surface area contributed by atoms with Crippen LogP contribution in [0.5, 0.6) is 5.75 Å². The van der Waals surface area contributed by atoms with Crippen LogP contribution >= 0.6 is 0 Å². The Hall–Kier alpha value is -3.13. The Morgan fingerprint density at radius 1 is 1.19 bits per heavy atom. The lowest BCUT2D eigenvalue weighted by atomic mass is 9.83. The number of anilines is 1. The molecule has 0 saturated carbocycles. The second-order valence-electron chi connectivity index (χ2n) is 8.60. The van der Waals surface area contributed by atoms with Gasteiger partial charge in [0.1, 0.15) is 11.3 Å². The van der Waals surface area contributed by atoms with Crippen LogP contribution in [0.2, 0.25) is 0 Å². The number of piperidine rings is 2. The van der Waals surface area contributed by atoms with Crippen LogP contribution < -0.4 is 15.5 Å². The minimum absolute atomic E-state index is 0.0342. The molecule has 2 aromatic heterocycles. The highest BCUT2D eigenvalue weighted by Crippen LogP contribution is 2.35. The molecule has 2 aliphatic heterocycles. The molecule has 31 heavy (non-hydrogen) atoms. The fraction of sp³-hybridized carbons (Fsp3) is 0.435. The first-order valence-electron chi connectivity index (χ1n) is 10.8. The van der Waals surface area contributed by atoms with Crippen molar-refractivity contribution in [1.29, 1.82) is 0 Å². The standard InChI is InChI=1S/C23H27N5O3/c1-24-23(30)21-9-13-8-17(19(29)12-20(13)31-21)18-6-7-22(27-26-18)28(2)16-10-14-4-3-5-15(11-16)25-14/h6-9,12,14-16,25,29H,3-5,10-11H2,1-2H3,(H,24,30)/t14-,15+,16+. The van der Waals surface area contributed by atoms with E-state index in [1.54, 1.807) is 19.2 Å². The van der Waals surface area contributed by atoms with Crippen molar-refractivity contribution in [2.75, 3.05) is 19.0 Å². The lowest BCUT2D eigenvalue weighted by Gasteiger charge is -2.43. The number of rotatable bonds is 4. The van der Waals surface area contributed by atoms with Crippen LogP contribution in [0.25, 0.3) is 22.2 Å². The van der Waals surface area contributed by atoms with Gasteiger partial charge in [-0.15, -0.1) is 10.2 Å². The smallest absolute Gasteiger partial charge is 0.286 e. The van der Waals surface area contributed by atoms with Gasteiger partial charge in [-0.3, -0.25) is 4.79 Å². The number of phenolic OH excluding ortho intramolecular Hbond substituents is 1. The normalized spacial score (nSPS) is 23.0. The molecule has 2 bridgehead atoms. The van der Waals surface area contributed by atoms with E-state index in [-0.39, 0.29) is 17.4 Å². The van der Waals surface area contributed by atoms with Crippen LogP contribution in [-0.4, -0.2) is 53.4 Å². The average Bonchev–Trinajstić information content (AvgIpc) is 3.20. The molecule has 5 rings (SSSR count). The predicted octanol–water partition coefficient (Wildman–Crippen LogP) is 3.06. The number of nitrogens with zero attached hydrogens (tertiary/aromatic N) is 3. The number of carbonyl (C=O) groups is 1. The van der Waals surface area contributed by atoms with Crippen LogP contribution in [0.1, 0.15) is 42.7 Å². The molecule has 1 aromatic carbocycles. The Morgan fingerprint density at radius 3 is 2.65 bits per heavy atom. The van der Waals surface area contributed by atoms with Crippen LogP contribution in [0, 0.1) is 0 Å². The van der Waals surface area contributed by atoms with Gasteiger partial charge in [0.05, 0.1) is 5.69 Å². The quantitative estimate of drug-likeness (QED) is 0.595. The van der Waals surface area contributed by atoms with Crippen LogP contribution in [0.15, 0.2) is 34.7 Å². The number of fused-ring (bicyclic) bond motifs is 3. The molecule has 0 unspecified atom stereocenters. The molecular formula is C23H27N5O3. The first kappa shape index (κ1) is 19.8. The number of amides is 1. The molecule has 3 atom stereocenters. The lowest BCUT2D eigenvalue weighted by Crippen LogP contribution is -2.54. The minimum Gasteiger partial charge on any atom is -0.507 e. The van der Waals surface area contributed by atoms with E-state index in [9.17, 15) is 9.90 Å². The molecule has 2 aliphatic rings. The monoisotopic (exact) mass is 421 g/mol. The molecule has 1 amide bonds. The Labute approximate surface area is 180 Å². The van der Waals surface area contributed by atoms with Crippen molar-refractivity contribution < 1.29 is 14.3 Å². The van der Waals surface area contributed by atoms with Crippen molar-refractivity contribution in [3.63, 3.8) is 0 Å². The summed E-state index contributed by atoms with van der Waals surface area (Å²) in [6.45, 7) is 0. The van der Waals surface area contributed by atoms with Gasteiger partial charge in [-0.05, 0) is 49.9 Å². The fourth-order valence-electron chi connectivity index (χ4n) is 4.91. The van der Waals surface area contributed by atoms with Crippen molar-refractivity contribution in [2.45, 2.75) is 50.2 Å². The summed E-state index contributed by atoms with van der Waals surface area (Å²) in [5.74, 6) is 0.752. The molecule has 4 heterocycles. The third-order valence-electron chi connectivity index (χ3n) is 6.61. The molecule has 2 saturated heterocycles. The van der Waals surface area contributed by atoms with E-state index in [2.05, 4.69) is 32.8 Å². The topological polar surface area (TPSA) is 104 Å². The molecule has 2 fully saturated rings. The minimum atomic E-state index is -0.313. The third-order valence-corrected chi connectivity index (χ3v) is 6.61. The van der Waals surface area contributed by atoms with Gasteiger partial charge in [-0.1, -0.05) is 6.42 Å². The number of benzene rings is 1. The number of aromatic hydroxyl groups is 1. The zero-order valence-corrected chi connectivity index (χ0v) is 17.8. The number of nitrogens with one attached hydrogen (secondary N) is 2. The van der Waals surface area contributed by atoms with Crippen LogP contribution in [-0.2, 0) is 0 Å². The fourth-order valence-corrected chi connectivity index (χ4v) is 4.91. The first-order valence-corrected chi connectivity index (χ1v) is 10.8. The molecule has 162 valence electrons. The van der Waals surface area contributed by atoms with Gasteiger partial charge in [-0.2, -0.15) is 0 Å². The van der Waals surface area contributed by atoms with Gasteiger partial charge in [0, 0.05) is 49.2 Å². The second kappa shape index (κ2) is 7.85. The van der Waals surface area contributed by atoms with Crippen molar-refractivity contribution in [3.8, 4) is 17.0 Å². The van der Waals surface area contributed by atoms with Crippen molar-refractivity contribution in [2.24, 2.45) is 0 Å². The maximum atomic E-state index is 11.8. The average molecular weight is 422 g/mol. The Balaban J connectivity index is 1.38. The van der Waals surface area contributed by atoms with Crippen molar-refractivity contribution >= 4 is 22.7 Å². The highest BCUT2D eigenvalue weighted by atomic mass is 16.3. The van der Waals surface area contributed by atoms with Gasteiger partial charge in [0.15, 0.2) is 11.6 Å². The zero-order valence-electron chi connectivity index (χ0n) is 17.8. The molecule has 3 aromatic rings. The Bertz CT molecular complexity index is 1100. The van der Waals surface area contributed by atoms with E-state index in [0.29, 0.717) is 35.0 Å². The number of aromatic nitrogens is 2. The number of hydrogen-bond acceptors (Lipinski definition) is 7. The molecule has 8 nitrogen and oxygen atoms in total. The summed E-state index contributed by atoms with van der Waals surface area (Å²) < 4.78 is 5.52. The van der Waals surface area contributed by atoms with E-state index in [0.717, 1.165) is 24.0 Å². The first-order chi connectivity index (χ1) is 15.0. The highest BCUT2D eigenvalue weighted by molar-refractivity contribution is 5.97. The van der Waals surface area contributed by atoms with E-state index in [1.165, 1.54) is 25.3 Å². The highest BCUT2D eigenvalue weighted by Gasteiger charge is 2.33. The molecular weight excluding hydrogens is 394 g/mol. The SMILES string of the molecule is CNC(=O)c1cc2cc(-c3ccc(N(C)[C@H]4C[C@H]5CCC[C@@H](C4)N5)nn3)c(O)cc2o1. The van der Waals surface area contributed by atoms with Gasteiger partial charge >= 0.3 is 0 Å². The third kappa shape index (κ3) is 3.72. The van der Waals surface area contributed by atoms with Gasteiger partial charge in [0.2, 0.25) is 0 Å². The number of carbonyl (C=O) groups excluding carboxylic acids is 1. The second-order valence-corrected chi connectivity index (χ2v) is 8.60. The van der Waals surface area contributed by atoms with E-state index in [4.69, 9.17) is 4.42 Å². The molecule has 0 aliphatic carbocycles. The van der Waals surface area contributed by atoms with Crippen molar-refractivity contribution in [1.82, 2.24) is 20.8 Å². The summed E-state index contributed by atoms with van der Waals surface area (Å²) in [6.07, 6.45) is 6.08.